The fourth-order valence-corrected chi connectivity index (χ4v) is 1.80. The van der Waals surface area contributed by atoms with E-state index in [1.165, 1.54) is 0 Å². The van der Waals surface area contributed by atoms with Crippen LogP contribution in [-0.4, -0.2) is 4.57 Å². The maximum absolute atomic E-state index is 12.5. The van der Waals surface area contributed by atoms with Crippen molar-refractivity contribution in [1.82, 2.24) is 4.57 Å². The van der Waals surface area contributed by atoms with E-state index >= 15 is 0 Å². The molecular formula is C10H8FNTi. The SMILES string of the molecule is [F][Ti][c]1cccc(-n2cccc2)c1. The van der Waals surface area contributed by atoms with Gasteiger partial charge in [-0.25, -0.2) is 0 Å². The van der Waals surface area contributed by atoms with Gasteiger partial charge in [-0.05, 0) is 0 Å². The van der Waals surface area contributed by atoms with Crippen LogP contribution in [0.15, 0.2) is 48.8 Å². The Morgan fingerprint density at radius 1 is 1.08 bits per heavy atom. The van der Waals surface area contributed by atoms with E-state index in [-0.39, 0.29) is 0 Å². The van der Waals surface area contributed by atoms with E-state index in [1.54, 1.807) is 0 Å². The van der Waals surface area contributed by atoms with Crippen molar-refractivity contribution in [3.05, 3.63) is 48.8 Å². The minimum atomic E-state index is -1.42. The fraction of sp³-hybridized carbons (Fsp3) is 0. The zero-order valence-electron chi connectivity index (χ0n) is 6.94. The first-order chi connectivity index (χ1) is 6.40. The van der Waals surface area contributed by atoms with Crippen LogP contribution in [0.5, 0.6) is 0 Å². The topological polar surface area (TPSA) is 4.93 Å². The van der Waals surface area contributed by atoms with Crippen LogP contribution >= 0.6 is 0 Å². The van der Waals surface area contributed by atoms with Crippen LogP contribution in [0.1, 0.15) is 0 Å². The molecular weight excluding hydrogens is 201 g/mol. The van der Waals surface area contributed by atoms with Crippen molar-refractivity contribution in [2.75, 3.05) is 0 Å². The molecule has 13 heavy (non-hydrogen) atoms. The van der Waals surface area contributed by atoms with Gasteiger partial charge in [-0.3, -0.25) is 0 Å². The molecule has 3 heteroatoms. The predicted molar refractivity (Wildman–Crippen MR) is 46.5 cm³/mol. The molecule has 0 saturated heterocycles. The van der Waals surface area contributed by atoms with Gasteiger partial charge in [0.1, 0.15) is 0 Å². The second-order valence-corrected chi connectivity index (χ2v) is 3.93. The van der Waals surface area contributed by atoms with Gasteiger partial charge in [0.15, 0.2) is 0 Å². The van der Waals surface area contributed by atoms with Crippen LogP contribution in [-0.2, 0) is 19.7 Å². The Labute approximate surface area is 85.8 Å². The molecule has 0 saturated carbocycles. The number of benzene rings is 1. The molecule has 0 aliphatic rings. The normalized spacial score (nSPS) is 9.92. The number of rotatable bonds is 2. The summed E-state index contributed by atoms with van der Waals surface area (Å²) >= 11 is -1.42. The summed E-state index contributed by atoms with van der Waals surface area (Å²) in [5.74, 6) is 0. The van der Waals surface area contributed by atoms with E-state index in [1.807, 2.05) is 53.4 Å². The molecule has 0 N–H and O–H groups in total. The Hall–Kier alpha value is -0.856. The molecule has 2 aromatic rings. The standard InChI is InChI=1S/C10H8N.FH.Ti/c1-2-6-10(7-3-1)11-8-4-5-9-11;;/h1-2,4-9H;1H;/q;;+1/p-1. The van der Waals surface area contributed by atoms with Gasteiger partial charge in [-0.15, -0.1) is 0 Å². The molecule has 64 valence electrons. The fourth-order valence-electron chi connectivity index (χ4n) is 1.23. The molecule has 0 atom stereocenters. The van der Waals surface area contributed by atoms with E-state index < -0.39 is 19.7 Å². The van der Waals surface area contributed by atoms with E-state index in [0.717, 1.165) is 9.56 Å². The maximum atomic E-state index is 12.5. The molecule has 2 rings (SSSR count). The van der Waals surface area contributed by atoms with Gasteiger partial charge in [0.25, 0.3) is 0 Å². The minimum absolute atomic E-state index is 0.839. The summed E-state index contributed by atoms with van der Waals surface area (Å²) in [6.45, 7) is 0. The van der Waals surface area contributed by atoms with Crippen molar-refractivity contribution >= 4 is 3.87 Å². The molecule has 1 aromatic heterocycles. The van der Waals surface area contributed by atoms with Crippen molar-refractivity contribution in [3.63, 3.8) is 0 Å². The molecule has 1 heterocycles. The van der Waals surface area contributed by atoms with Crippen LogP contribution in [0.4, 0.5) is 3.09 Å². The summed E-state index contributed by atoms with van der Waals surface area (Å²) in [5.41, 5.74) is 1.03. The quantitative estimate of drug-likeness (QED) is 0.667. The second kappa shape index (κ2) is 3.90. The second-order valence-electron chi connectivity index (χ2n) is 2.74. The molecule has 0 aliphatic carbocycles. The molecule has 0 unspecified atom stereocenters. The number of hydrogen-bond donors (Lipinski definition) is 0. The first kappa shape index (κ1) is 8.73. The van der Waals surface area contributed by atoms with Gasteiger partial charge in [0, 0.05) is 0 Å². The first-order valence-electron chi connectivity index (χ1n) is 4.00. The van der Waals surface area contributed by atoms with E-state index in [0.29, 0.717) is 0 Å². The molecule has 0 amide bonds. The van der Waals surface area contributed by atoms with E-state index in [4.69, 9.17) is 0 Å². The Balaban J connectivity index is 2.41. The summed E-state index contributed by atoms with van der Waals surface area (Å²) < 4.78 is 15.3. The van der Waals surface area contributed by atoms with Crippen LogP contribution in [0.25, 0.3) is 5.69 Å². The van der Waals surface area contributed by atoms with Gasteiger partial charge >= 0.3 is 85.7 Å². The van der Waals surface area contributed by atoms with Crippen molar-refractivity contribution in [3.8, 4) is 5.69 Å². The zero-order chi connectivity index (χ0) is 9.10. The Morgan fingerprint density at radius 3 is 2.54 bits per heavy atom. The third-order valence-electron chi connectivity index (χ3n) is 1.86. The van der Waals surface area contributed by atoms with Gasteiger partial charge in [-0.1, -0.05) is 0 Å². The Kier molecular flexibility index (Phi) is 2.62. The number of nitrogens with zero attached hydrogens (tertiary/aromatic N) is 1. The van der Waals surface area contributed by atoms with Crippen LogP contribution in [0, 0.1) is 0 Å². The molecule has 0 fully saturated rings. The van der Waals surface area contributed by atoms with Crippen molar-refractivity contribution < 1.29 is 22.8 Å². The third-order valence-corrected chi connectivity index (χ3v) is 2.68. The van der Waals surface area contributed by atoms with E-state index in [2.05, 4.69) is 0 Å². The van der Waals surface area contributed by atoms with Crippen molar-refractivity contribution in [2.45, 2.75) is 0 Å². The van der Waals surface area contributed by atoms with E-state index in [9.17, 15) is 3.09 Å². The van der Waals surface area contributed by atoms with Gasteiger partial charge in [0.05, 0.1) is 0 Å². The number of hydrogen-bond acceptors (Lipinski definition) is 0. The predicted octanol–water partition coefficient (Wildman–Crippen LogP) is 2.07. The van der Waals surface area contributed by atoms with Crippen LogP contribution < -0.4 is 3.87 Å². The summed E-state index contributed by atoms with van der Waals surface area (Å²) in [6.07, 6.45) is 3.91. The number of halogens is 1. The Bertz CT molecular complexity index is 384. The average Bonchev–Trinajstić information content (AvgIpc) is 2.71. The summed E-state index contributed by atoms with van der Waals surface area (Å²) in [6, 6.07) is 11.5. The molecule has 0 spiro atoms. The average molecular weight is 209 g/mol. The van der Waals surface area contributed by atoms with Gasteiger partial charge < -0.3 is 0 Å². The monoisotopic (exact) mass is 209 g/mol. The summed E-state index contributed by atoms with van der Waals surface area (Å²) in [5, 5.41) is 0. The molecule has 1 nitrogen and oxygen atoms in total. The Morgan fingerprint density at radius 2 is 1.85 bits per heavy atom. The van der Waals surface area contributed by atoms with Gasteiger partial charge in [0.2, 0.25) is 0 Å². The molecule has 0 bridgehead atoms. The molecule has 0 aliphatic heterocycles. The zero-order valence-corrected chi connectivity index (χ0v) is 8.51. The first-order valence-corrected chi connectivity index (χ1v) is 5.37. The summed E-state index contributed by atoms with van der Waals surface area (Å²) in [7, 11) is 0. The van der Waals surface area contributed by atoms with Gasteiger partial charge in [-0.2, -0.15) is 0 Å². The number of aromatic nitrogens is 1. The molecule has 1 aromatic carbocycles. The van der Waals surface area contributed by atoms with Crippen molar-refractivity contribution in [2.24, 2.45) is 0 Å². The van der Waals surface area contributed by atoms with Crippen LogP contribution in [0.3, 0.4) is 0 Å². The third kappa shape index (κ3) is 1.90. The van der Waals surface area contributed by atoms with Crippen LogP contribution in [0.2, 0.25) is 0 Å². The van der Waals surface area contributed by atoms with Crippen molar-refractivity contribution in [1.29, 1.82) is 0 Å². The molecule has 0 radical (unpaired) electrons. The summed E-state index contributed by atoms with van der Waals surface area (Å²) in [4.78, 5) is 0.